The molecule has 0 atom stereocenters. The third-order valence-corrected chi connectivity index (χ3v) is 4.93. The fraction of sp³-hybridized carbons (Fsp3) is 0.538. The Labute approximate surface area is 115 Å². The van der Waals surface area contributed by atoms with Gasteiger partial charge in [-0.15, -0.1) is 0 Å². The van der Waals surface area contributed by atoms with Crippen molar-refractivity contribution in [2.45, 2.75) is 43.2 Å². The molecule has 7 heteroatoms. The molecule has 1 saturated carbocycles. The highest BCUT2D eigenvalue weighted by atomic mass is 32.2. The number of benzene rings is 1. The second-order valence-corrected chi connectivity index (χ2v) is 6.52. The van der Waals surface area contributed by atoms with Crippen molar-refractivity contribution in [1.29, 1.82) is 0 Å². The average molecular weight is 308 g/mol. The monoisotopic (exact) mass is 308 g/mol. The van der Waals surface area contributed by atoms with E-state index in [1.807, 2.05) is 0 Å². The van der Waals surface area contributed by atoms with Crippen LogP contribution in [0.1, 0.15) is 30.9 Å². The van der Waals surface area contributed by atoms with E-state index in [9.17, 15) is 21.6 Å². The van der Waals surface area contributed by atoms with Crippen LogP contribution in [0.5, 0.6) is 0 Å². The van der Waals surface area contributed by atoms with Gasteiger partial charge in [-0.05, 0) is 38.3 Å². The molecule has 2 rings (SSSR count). The van der Waals surface area contributed by atoms with E-state index in [2.05, 4.69) is 4.18 Å². The molecule has 1 aromatic rings. The van der Waals surface area contributed by atoms with Crippen molar-refractivity contribution >= 4 is 10.1 Å². The lowest BCUT2D eigenvalue weighted by molar-refractivity contribution is -0.161. The van der Waals surface area contributed by atoms with Crippen LogP contribution in [0.2, 0.25) is 0 Å². The maximum Gasteiger partial charge on any atom is 0.398 e. The Hall–Kier alpha value is -1.08. The molecular formula is C13H15F3O3S. The molecule has 0 N–H and O–H groups in total. The van der Waals surface area contributed by atoms with Crippen LogP contribution in [-0.4, -0.2) is 21.2 Å². The van der Waals surface area contributed by atoms with E-state index in [1.54, 1.807) is 6.92 Å². The SMILES string of the molecule is CCOS(=O)(=O)c1ccc(C)cc1C1(C(F)(F)F)CC1. The van der Waals surface area contributed by atoms with Crippen molar-refractivity contribution in [2.24, 2.45) is 0 Å². The summed E-state index contributed by atoms with van der Waals surface area (Å²) in [5.41, 5.74) is -1.65. The summed E-state index contributed by atoms with van der Waals surface area (Å²) in [6.07, 6.45) is -4.64. The Balaban J connectivity index is 2.63. The Morgan fingerprint density at radius 3 is 2.35 bits per heavy atom. The van der Waals surface area contributed by atoms with E-state index in [1.165, 1.54) is 25.1 Å². The summed E-state index contributed by atoms with van der Waals surface area (Å²) in [6, 6.07) is 3.97. The first-order valence-corrected chi connectivity index (χ1v) is 7.62. The molecule has 0 saturated heterocycles. The van der Waals surface area contributed by atoms with Crippen LogP contribution in [0.3, 0.4) is 0 Å². The summed E-state index contributed by atoms with van der Waals surface area (Å²) in [6.45, 7) is 2.99. The Morgan fingerprint density at radius 1 is 1.30 bits per heavy atom. The minimum absolute atomic E-state index is 0.0887. The summed E-state index contributed by atoms with van der Waals surface area (Å²) in [5.74, 6) is 0. The first-order valence-electron chi connectivity index (χ1n) is 6.21. The molecule has 1 aromatic carbocycles. The van der Waals surface area contributed by atoms with Crippen molar-refractivity contribution in [2.75, 3.05) is 6.61 Å². The Morgan fingerprint density at radius 2 is 1.90 bits per heavy atom. The summed E-state index contributed by atoms with van der Waals surface area (Å²) >= 11 is 0. The molecule has 0 aromatic heterocycles. The second kappa shape index (κ2) is 4.73. The minimum atomic E-state index is -4.46. The summed E-state index contributed by atoms with van der Waals surface area (Å²) in [4.78, 5) is -0.375. The Kier molecular flexibility index (Phi) is 3.62. The van der Waals surface area contributed by atoms with Gasteiger partial charge in [0, 0.05) is 0 Å². The molecule has 0 bridgehead atoms. The largest absolute Gasteiger partial charge is 0.398 e. The first-order chi connectivity index (χ1) is 9.14. The van der Waals surface area contributed by atoms with Crippen molar-refractivity contribution in [3.8, 4) is 0 Å². The highest BCUT2D eigenvalue weighted by Crippen LogP contribution is 2.60. The maximum atomic E-state index is 13.2. The molecule has 20 heavy (non-hydrogen) atoms. The lowest BCUT2D eigenvalue weighted by atomic mass is 9.94. The fourth-order valence-corrected chi connectivity index (χ4v) is 3.48. The second-order valence-electron chi connectivity index (χ2n) is 4.94. The van der Waals surface area contributed by atoms with Gasteiger partial charge in [-0.25, -0.2) is 0 Å². The molecule has 0 aliphatic heterocycles. The molecule has 1 aliphatic carbocycles. The van der Waals surface area contributed by atoms with Crippen molar-refractivity contribution in [1.82, 2.24) is 0 Å². The fourth-order valence-electron chi connectivity index (χ4n) is 2.28. The molecule has 0 radical (unpaired) electrons. The van der Waals surface area contributed by atoms with E-state index in [0.717, 1.165) is 0 Å². The standard InChI is InChI=1S/C13H15F3O3S/c1-3-19-20(17,18)11-5-4-9(2)8-10(11)12(6-7-12)13(14,15)16/h4-5,8H,3,6-7H2,1-2H3. The zero-order chi connectivity index (χ0) is 15.2. The number of aryl methyl sites for hydroxylation is 1. The van der Waals surface area contributed by atoms with Crippen LogP contribution in [0.4, 0.5) is 13.2 Å². The van der Waals surface area contributed by atoms with E-state index < -0.39 is 21.7 Å². The van der Waals surface area contributed by atoms with Crippen LogP contribution in [0.25, 0.3) is 0 Å². The van der Waals surface area contributed by atoms with Crippen LogP contribution in [0, 0.1) is 6.92 Å². The molecule has 3 nitrogen and oxygen atoms in total. The molecular weight excluding hydrogens is 293 g/mol. The van der Waals surface area contributed by atoms with Crippen molar-refractivity contribution < 1.29 is 25.8 Å². The van der Waals surface area contributed by atoms with Crippen LogP contribution in [0.15, 0.2) is 23.1 Å². The highest BCUT2D eigenvalue weighted by molar-refractivity contribution is 7.86. The van der Waals surface area contributed by atoms with Gasteiger partial charge in [0.15, 0.2) is 0 Å². The third kappa shape index (κ3) is 2.44. The van der Waals surface area contributed by atoms with Crippen LogP contribution >= 0.6 is 0 Å². The van der Waals surface area contributed by atoms with E-state index in [-0.39, 0.29) is 29.9 Å². The predicted octanol–water partition coefficient (Wildman–Crippen LogP) is 3.31. The summed E-state index contributed by atoms with van der Waals surface area (Å²) in [5, 5.41) is 0. The number of rotatable bonds is 4. The lowest BCUT2D eigenvalue weighted by Crippen LogP contribution is -2.30. The van der Waals surface area contributed by atoms with Gasteiger partial charge in [0.25, 0.3) is 10.1 Å². The van der Waals surface area contributed by atoms with Gasteiger partial charge in [0.2, 0.25) is 0 Å². The average Bonchev–Trinajstić information content (AvgIpc) is 3.08. The zero-order valence-electron chi connectivity index (χ0n) is 11.1. The van der Waals surface area contributed by atoms with Gasteiger partial charge < -0.3 is 0 Å². The summed E-state index contributed by atoms with van der Waals surface area (Å²) in [7, 11) is -4.16. The van der Waals surface area contributed by atoms with Crippen LogP contribution < -0.4 is 0 Å². The molecule has 1 fully saturated rings. The number of hydrogen-bond acceptors (Lipinski definition) is 3. The van der Waals surface area contributed by atoms with Gasteiger partial charge in [0.1, 0.15) is 0 Å². The number of halogens is 3. The molecule has 0 heterocycles. The third-order valence-electron chi connectivity index (χ3n) is 3.49. The normalized spacial score (nSPS) is 18.1. The van der Waals surface area contributed by atoms with E-state index in [4.69, 9.17) is 0 Å². The van der Waals surface area contributed by atoms with Gasteiger partial charge >= 0.3 is 6.18 Å². The van der Waals surface area contributed by atoms with E-state index in [0.29, 0.717) is 5.56 Å². The quantitative estimate of drug-likeness (QED) is 0.802. The van der Waals surface area contributed by atoms with Gasteiger partial charge in [-0.3, -0.25) is 4.18 Å². The topological polar surface area (TPSA) is 43.4 Å². The number of hydrogen-bond donors (Lipinski definition) is 0. The highest BCUT2D eigenvalue weighted by Gasteiger charge is 2.65. The molecule has 0 spiro atoms. The van der Waals surface area contributed by atoms with Gasteiger partial charge in [0.05, 0.1) is 16.9 Å². The van der Waals surface area contributed by atoms with Crippen LogP contribution in [-0.2, 0) is 19.7 Å². The molecule has 0 unspecified atom stereocenters. The lowest BCUT2D eigenvalue weighted by Gasteiger charge is -2.22. The van der Waals surface area contributed by atoms with E-state index >= 15 is 0 Å². The molecule has 112 valence electrons. The van der Waals surface area contributed by atoms with Gasteiger partial charge in [-0.2, -0.15) is 21.6 Å². The van der Waals surface area contributed by atoms with Crippen molar-refractivity contribution in [3.05, 3.63) is 29.3 Å². The maximum absolute atomic E-state index is 13.2. The Bertz CT molecular complexity index is 616. The smallest absolute Gasteiger partial charge is 0.267 e. The number of alkyl halides is 3. The van der Waals surface area contributed by atoms with Crippen molar-refractivity contribution in [3.63, 3.8) is 0 Å². The van der Waals surface area contributed by atoms with Gasteiger partial charge in [-0.1, -0.05) is 17.7 Å². The molecule has 1 aliphatic rings. The molecule has 0 amide bonds. The predicted molar refractivity (Wildman–Crippen MR) is 67.0 cm³/mol. The first kappa shape index (κ1) is 15.3. The summed E-state index contributed by atoms with van der Waals surface area (Å²) < 4.78 is 68.3. The zero-order valence-corrected chi connectivity index (χ0v) is 11.9. The minimum Gasteiger partial charge on any atom is -0.267 e.